The molecule has 1 aromatic rings. The van der Waals surface area contributed by atoms with Gasteiger partial charge in [0.05, 0.1) is 12.2 Å². The lowest BCUT2D eigenvalue weighted by Crippen LogP contribution is -2.33. The summed E-state index contributed by atoms with van der Waals surface area (Å²) in [6, 6.07) is 4.54. The zero-order chi connectivity index (χ0) is 14.6. The number of nitrogens with two attached hydrogens (primary N) is 1. The van der Waals surface area contributed by atoms with Gasteiger partial charge in [-0.25, -0.2) is 13.1 Å². The molecule has 0 aliphatic carbocycles. The van der Waals surface area contributed by atoms with E-state index in [0.717, 1.165) is 0 Å². The largest absolute Gasteiger partial charge is 0.398 e. The molecule has 0 saturated heterocycles. The first-order valence-electron chi connectivity index (χ1n) is 5.56. The average Bonchev–Trinajstić information content (AvgIpc) is 2.37. The number of anilines is 2. The van der Waals surface area contributed by atoms with Crippen molar-refractivity contribution in [1.82, 2.24) is 10.0 Å². The number of nitrogens with zero attached hydrogens (tertiary/aromatic N) is 1. The lowest BCUT2D eigenvalue weighted by Gasteiger charge is -2.19. The van der Waals surface area contributed by atoms with E-state index in [2.05, 4.69) is 10.0 Å². The average molecular weight is 286 g/mol. The topological polar surface area (TPSA) is 105 Å². The van der Waals surface area contributed by atoms with Crippen LogP contribution in [0.25, 0.3) is 0 Å². The molecule has 19 heavy (non-hydrogen) atoms. The van der Waals surface area contributed by atoms with Crippen molar-refractivity contribution in [3.8, 4) is 0 Å². The summed E-state index contributed by atoms with van der Waals surface area (Å²) in [6.07, 6.45) is 0. The van der Waals surface area contributed by atoms with Gasteiger partial charge in [-0.2, -0.15) is 0 Å². The van der Waals surface area contributed by atoms with Gasteiger partial charge in [-0.3, -0.25) is 4.79 Å². The number of carbonyl (C=O) groups is 1. The molecule has 1 aromatic carbocycles. The Morgan fingerprint density at radius 3 is 2.47 bits per heavy atom. The third-order valence-electron chi connectivity index (χ3n) is 2.65. The van der Waals surface area contributed by atoms with Gasteiger partial charge >= 0.3 is 0 Å². The monoisotopic (exact) mass is 286 g/mol. The van der Waals surface area contributed by atoms with Gasteiger partial charge in [-0.05, 0) is 25.2 Å². The zero-order valence-electron chi connectivity index (χ0n) is 11.1. The number of carbonyl (C=O) groups excluding carboxylic acids is 1. The van der Waals surface area contributed by atoms with Gasteiger partial charge < -0.3 is 16.0 Å². The molecule has 0 aromatic heterocycles. The Morgan fingerprint density at radius 2 is 2.00 bits per heavy atom. The quantitative estimate of drug-likeness (QED) is 0.624. The fourth-order valence-corrected chi connectivity index (χ4v) is 2.35. The minimum atomic E-state index is -3.57. The van der Waals surface area contributed by atoms with Crippen LogP contribution in [-0.4, -0.2) is 42.0 Å². The molecule has 1 amide bonds. The van der Waals surface area contributed by atoms with Crippen LogP contribution in [0.4, 0.5) is 11.4 Å². The first kappa shape index (κ1) is 15.3. The van der Waals surface area contributed by atoms with Crippen LogP contribution in [0.5, 0.6) is 0 Å². The zero-order valence-corrected chi connectivity index (χ0v) is 11.9. The molecule has 0 bridgehead atoms. The van der Waals surface area contributed by atoms with Crippen LogP contribution in [0.3, 0.4) is 0 Å². The lowest BCUT2D eigenvalue weighted by atomic mass is 10.2. The van der Waals surface area contributed by atoms with Crippen LogP contribution in [0.1, 0.15) is 0 Å². The van der Waals surface area contributed by atoms with Crippen LogP contribution in [0.15, 0.2) is 23.1 Å². The summed E-state index contributed by atoms with van der Waals surface area (Å²) in [5, 5.41) is 2.51. The SMILES string of the molecule is CNC(=O)CN(C)c1ccc(S(=O)(=O)NC)c(N)c1. The van der Waals surface area contributed by atoms with Gasteiger partial charge in [0.1, 0.15) is 4.90 Å². The van der Waals surface area contributed by atoms with Crippen molar-refractivity contribution in [3.63, 3.8) is 0 Å². The summed E-state index contributed by atoms with van der Waals surface area (Å²) < 4.78 is 25.5. The van der Waals surface area contributed by atoms with Crippen molar-refractivity contribution in [2.75, 3.05) is 38.3 Å². The summed E-state index contributed by atoms with van der Waals surface area (Å²) in [6.45, 7) is 0.161. The Hall–Kier alpha value is -1.80. The smallest absolute Gasteiger partial charge is 0.242 e. The highest BCUT2D eigenvalue weighted by Gasteiger charge is 2.16. The van der Waals surface area contributed by atoms with Crippen molar-refractivity contribution in [1.29, 1.82) is 0 Å². The molecule has 0 fully saturated rings. The Kier molecular flexibility index (Phi) is 4.73. The molecule has 0 spiro atoms. The second-order valence-electron chi connectivity index (χ2n) is 3.96. The number of amides is 1. The summed E-state index contributed by atoms with van der Waals surface area (Å²) in [4.78, 5) is 13.0. The molecule has 0 aliphatic rings. The predicted molar refractivity (Wildman–Crippen MR) is 74.4 cm³/mol. The molecule has 0 heterocycles. The van der Waals surface area contributed by atoms with Crippen molar-refractivity contribution in [2.45, 2.75) is 4.90 Å². The summed E-state index contributed by atoms with van der Waals surface area (Å²) in [5.74, 6) is -0.145. The number of hydrogen-bond donors (Lipinski definition) is 3. The maximum atomic E-state index is 11.7. The standard InChI is InChI=1S/C11H18N4O3S/c1-13-11(16)7-15(3)8-4-5-10(9(12)6-8)19(17,18)14-2/h4-6,14H,7,12H2,1-3H3,(H,13,16). The highest BCUT2D eigenvalue weighted by atomic mass is 32.2. The molecule has 0 atom stereocenters. The highest BCUT2D eigenvalue weighted by molar-refractivity contribution is 7.89. The van der Waals surface area contributed by atoms with Gasteiger partial charge in [0.25, 0.3) is 0 Å². The molecule has 1 rings (SSSR count). The van der Waals surface area contributed by atoms with Crippen molar-refractivity contribution >= 4 is 27.3 Å². The number of nitrogens with one attached hydrogen (secondary N) is 2. The van der Waals surface area contributed by atoms with Gasteiger partial charge in [0.15, 0.2) is 0 Å². The Labute approximate surface area is 112 Å². The Balaban J connectivity index is 3.04. The summed E-state index contributed by atoms with van der Waals surface area (Å²) >= 11 is 0. The third-order valence-corrected chi connectivity index (χ3v) is 4.14. The maximum Gasteiger partial charge on any atom is 0.242 e. The van der Waals surface area contributed by atoms with E-state index in [1.807, 2.05) is 0 Å². The fourth-order valence-electron chi connectivity index (χ4n) is 1.51. The molecule has 0 radical (unpaired) electrons. The van der Waals surface area contributed by atoms with E-state index >= 15 is 0 Å². The van der Waals surface area contributed by atoms with Gasteiger partial charge in [-0.15, -0.1) is 0 Å². The van der Waals surface area contributed by atoms with Crippen LogP contribution in [-0.2, 0) is 14.8 Å². The number of benzene rings is 1. The number of hydrogen-bond acceptors (Lipinski definition) is 5. The Bertz CT molecular complexity index is 571. The number of nitrogen functional groups attached to an aromatic ring is 1. The molecular formula is C11H18N4O3S. The van der Waals surface area contributed by atoms with Gasteiger partial charge in [0.2, 0.25) is 15.9 Å². The van der Waals surface area contributed by atoms with Crippen LogP contribution in [0, 0.1) is 0 Å². The Morgan fingerprint density at radius 1 is 1.37 bits per heavy atom. The third kappa shape index (κ3) is 3.58. The first-order valence-corrected chi connectivity index (χ1v) is 7.05. The molecule has 106 valence electrons. The molecule has 7 nitrogen and oxygen atoms in total. The minimum absolute atomic E-state index is 0.0205. The van der Waals surface area contributed by atoms with Crippen molar-refractivity contribution in [2.24, 2.45) is 0 Å². The molecular weight excluding hydrogens is 268 g/mol. The number of sulfonamides is 1. The fraction of sp³-hybridized carbons (Fsp3) is 0.364. The number of likely N-dealkylation sites (N-methyl/N-ethyl adjacent to an activating group) is 2. The summed E-state index contributed by atoms with van der Waals surface area (Å²) in [7, 11) is 1.02. The van der Waals surface area contributed by atoms with E-state index in [1.165, 1.54) is 19.2 Å². The maximum absolute atomic E-state index is 11.7. The second-order valence-corrected chi connectivity index (χ2v) is 5.81. The molecule has 8 heteroatoms. The molecule has 0 aliphatic heterocycles. The number of rotatable bonds is 5. The van der Waals surface area contributed by atoms with Gasteiger partial charge in [-0.1, -0.05) is 0 Å². The van der Waals surface area contributed by atoms with E-state index in [1.54, 1.807) is 25.1 Å². The lowest BCUT2D eigenvalue weighted by molar-refractivity contribution is -0.119. The van der Waals surface area contributed by atoms with E-state index < -0.39 is 10.0 Å². The van der Waals surface area contributed by atoms with E-state index in [0.29, 0.717) is 5.69 Å². The van der Waals surface area contributed by atoms with Crippen LogP contribution >= 0.6 is 0 Å². The van der Waals surface area contributed by atoms with E-state index in [9.17, 15) is 13.2 Å². The predicted octanol–water partition coefficient (Wildman–Crippen LogP) is -0.641. The molecule has 0 saturated carbocycles. The van der Waals surface area contributed by atoms with E-state index in [4.69, 9.17) is 5.73 Å². The minimum Gasteiger partial charge on any atom is -0.398 e. The van der Waals surface area contributed by atoms with Gasteiger partial charge in [0, 0.05) is 19.8 Å². The van der Waals surface area contributed by atoms with Crippen molar-refractivity contribution in [3.05, 3.63) is 18.2 Å². The van der Waals surface area contributed by atoms with Crippen LogP contribution < -0.4 is 20.7 Å². The molecule has 0 unspecified atom stereocenters. The molecule has 4 N–H and O–H groups in total. The van der Waals surface area contributed by atoms with Crippen molar-refractivity contribution < 1.29 is 13.2 Å². The highest BCUT2D eigenvalue weighted by Crippen LogP contribution is 2.23. The summed E-state index contributed by atoms with van der Waals surface area (Å²) in [5.41, 5.74) is 6.54. The normalized spacial score (nSPS) is 11.1. The first-order chi connectivity index (χ1) is 8.81. The van der Waals surface area contributed by atoms with Crippen LogP contribution in [0.2, 0.25) is 0 Å². The second kappa shape index (κ2) is 5.89. The van der Waals surface area contributed by atoms with E-state index in [-0.39, 0.29) is 23.0 Å².